The molecule has 2 heterocycles. The molecule has 2 atom stereocenters. The normalized spacial score (nSPS) is 15.2. The van der Waals surface area contributed by atoms with Crippen molar-refractivity contribution in [3.05, 3.63) is 132 Å². The Hall–Kier alpha value is -8.05. The Morgan fingerprint density at radius 3 is 0.808 bits per heavy atom. The zero-order valence-corrected chi connectivity index (χ0v) is 73.9. The number of benzene rings is 6. The number of carboxylic acid groups (broad SMARTS) is 8. The smallest absolute Gasteiger partial charge is 0.549 e. The summed E-state index contributed by atoms with van der Waals surface area (Å²) >= 11 is 0. The molecule has 0 bridgehead atoms. The van der Waals surface area contributed by atoms with E-state index < -0.39 is 148 Å². The first kappa shape index (κ1) is 104. The maximum absolute atomic E-state index is 13.6. The number of nitrogens with one attached hydrogen (secondary N) is 6. The van der Waals surface area contributed by atoms with Gasteiger partial charge in [-0.15, -0.1) is 0 Å². The average Bonchev–Trinajstić information content (AvgIpc) is 0.751. The van der Waals surface area contributed by atoms with Gasteiger partial charge in [0, 0.05) is 155 Å². The zero-order valence-electron chi connectivity index (χ0n) is 65.4. The molecule has 632 valence electrons. The fraction of sp³-hybridized carbons (Fsp3) is 0.395. The van der Waals surface area contributed by atoms with Crippen molar-refractivity contribution in [3.8, 4) is 34.1 Å². The predicted molar refractivity (Wildman–Crippen MR) is 388 cm³/mol. The van der Waals surface area contributed by atoms with E-state index in [0.717, 1.165) is 0 Å². The number of aliphatic carboxylic acids is 8. The Kier molecular flexibility index (Phi) is 46.7. The van der Waals surface area contributed by atoms with E-state index in [1.807, 2.05) is 0 Å². The molecule has 120 heavy (non-hydrogen) atoms. The van der Waals surface area contributed by atoms with Gasteiger partial charge in [-0.3, -0.25) is 69.2 Å². The molecule has 6 amide bonds. The number of fused-ring (bicyclic) bond motifs is 2. The van der Waals surface area contributed by atoms with Gasteiger partial charge in [-0.1, -0.05) is 84.9 Å². The number of carbonyl (C=O) groups excluding carboxylic acids is 14. The fourth-order valence-electron chi connectivity index (χ4n) is 12.7. The van der Waals surface area contributed by atoms with Crippen molar-refractivity contribution in [2.24, 2.45) is 0 Å². The monoisotopic (exact) mass is 1970 g/mol. The molecule has 0 saturated carbocycles. The van der Waals surface area contributed by atoms with Crippen LogP contribution in [0.5, 0.6) is 23.0 Å². The molecule has 2 radical (unpaired) electrons. The van der Waals surface area contributed by atoms with E-state index in [2.05, 4.69) is 32.3 Å². The predicted octanol–water partition coefficient (Wildman–Crippen LogP) is -16.4. The molecule has 0 aliphatic carbocycles. The van der Waals surface area contributed by atoms with E-state index in [-0.39, 0.29) is 315 Å². The molecule has 2 aliphatic heterocycles. The number of hydrogen-bond donors (Lipinski definition) is 6. The molecule has 44 heteroatoms. The van der Waals surface area contributed by atoms with Gasteiger partial charge in [0.1, 0.15) is 23.0 Å². The molecular formula is C76H84Gd2N14Na2O26. The summed E-state index contributed by atoms with van der Waals surface area (Å²) in [4.78, 5) is 187. The molecular weight excluding hydrogens is 1890 g/mol. The van der Waals surface area contributed by atoms with Crippen molar-refractivity contribution in [1.82, 2.24) is 71.5 Å². The SMILES string of the molecule is O=C([O-])CN1CCN(CC(=O)[O-])CCN(CC(=O)NC(C(=O)[O-])c2ccc(OCCC(=O)NNC(=O)Oc3ccc4ccccc4c3-c3c(OC(=O)NNC(=O)CCOc4ccc(C(NC(=O)CN5CCN(CC(=O)[O-])CCN(CC(=O)[O-])CCN(CC(=O)[O-])CC5)C(=O)[O-])cc4)ccc4ccccc34)cc2)CCN(CC(=O)[O-])CC1.[Gd+3].[Gd+3].[Na+].[Na+]. The van der Waals surface area contributed by atoms with Gasteiger partial charge in [0.05, 0.1) is 99.0 Å². The van der Waals surface area contributed by atoms with E-state index in [4.69, 9.17) is 18.9 Å². The summed E-state index contributed by atoms with van der Waals surface area (Å²) in [5.74, 6) is -14.7. The molecule has 6 aromatic carbocycles. The number of hydrogen-bond acceptors (Lipinski definition) is 34. The van der Waals surface area contributed by atoms with E-state index in [0.29, 0.717) is 21.5 Å². The zero-order chi connectivity index (χ0) is 83.8. The summed E-state index contributed by atoms with van der Waals surface area (Å²) in [5, 5.41) is 101. The Morgan fingerprint density at radius 2 is 0.558 bits per heavy atom. The Bertz CT molecular complexity index is 4170. The van der Waals surface area contributed by atoms with Crippen molar-refractivity contribution in [2.75, 3.05) is 170 Å². The summed E-state index contributed by atoms with van der Waals surface area (Å²) in [6.07, 6.45) is -3.00. The maximum Gasteiger partial charge on any atom is 3.00 e. The quantitative estimate of drug-likeness (QED) is 0.0165. The number of carboxylic acids is 8. The van der Waals surface area contributed by atoms with E-state index in [1.165, 1.54) is 90.1 Å². The molecule has 8 rings (SSSR count). The number of hydrazine groups is 2. The minimum atomic E-state index is -1.69. The second kappa shape index (κ2) is 53.8. The average molecular weight is 1970 g/mol. The summed E-state index contributed by atoms with van der Waals surface area (Å²) in [5.41, 5.74) is 9.53. The van der Waals surface area contributed by atoms with Crippen LogP contribution in [0.4, 0.5) is 9.59 Å². The molecule has 2 saturated heterocycles. The number of carbonyl (C=O) groups is 14. The van der Waals surface area contributed by atoms with Crippen LogP contribution in [0, 0.1) is 79.9 Å². The van der Waals surface area contributed by atoms with Crippen LogP contribution < -0.4 is 151 Å². The van der Waals surface area contributed by atoms with Crippen LogP contribution in [-0.4, -0.2) is 293 Å². The van der Waals surface area contributed by atoms with E-state index in [9.17, 15) is 108 Å². The van der Waals surface area contributed by atoms with E-state index in [1.54, 1.807) is 70.5 Å². The van der Waals surface area contributed by atoms with Gasteiger partial charge in [0.25, 0.3) is 0 Å². The standard InChI is InChI=1S/C76H92N14O26.2Gd.2Na/c91-59(21-39-113-53-15-9-51(10-16-53)71(73(107)108)77-61(93)41-83-23-27-85(43-63(95)96)31-35-89(47-67(103)104)36-32-86(28-24-83)44-64(97)98)79-81-75(111)115-57-19-13-49-5-1-3-7-55(49)69(57)70-56-8-4-2-6-50(56)14-20-58(70)116-76(112)82-80-60(92)22-40-114-54-17-11-52(12-18-54)72(74(109)110)78-62(94)42-84-25-29-87(45-65(99)100)33-37-90(48-68(105)106)38-34-88(30-26-84)46-66(101)102;;;;/h1-20,71-72H,21-48H2,(H,77,93)(H,78,94)(H,79,91)(H,80,92)(H,81,111)(H,82,112)(H,95,96)(H,97,98)(H,99,100)(H,101,102)(H,103,104)(H,105,106)(H,107,108)(H,109,110);;;;/q;2*+3;2*+1/p-8. The van der Waals surface area contributed by atoms with Crippen LogP contribution in [0.15, 0.2) is 121 Å². The minimum absolute atomic E-state index is 0. The van der Waals surface area contributed by atoms with Crippen LogP contribution in [-0.2, 0) is 57.5 Å². The van der Waals surface area contributed by atoms with Gasteiger partial charge >= 0.3 is 151 Å². The first-order chi connectivity index (χ1) is 55.5. The van der Waals surface area contributed by atoms with Gasteiger partial charge in [-0.05, 0) is 69.1 Å². The largest absolute Gasteiger partial charge is 3.00 e. The number of amides is 6. The van der Waals surface area contributed by atoms with Gasteiger partial charge < -0.3 is 109 Å². The third kappa shape index (κ3) is 36.2. The Balaban J connectivity index is 0.00000756. The molecule has 0 aromatic heterocycles. The molecule has 0 spiro atoms. The van der Waals surface area contributed by atoms with Crippen molar-refractivity contribution in [1.29, 1.82) is 0 Å². The third-order valence-corrected chi connectivity index (χ3v) is 18.5. The maximum atomic E-state index is 13.6. The van der Waals surface area contributed by atoms with Crippen LogP contribution in [0.3, 0.4) is 0 Å². The van der Waals surface area contributed by atoms with Gasteiger partial charge in [0.15, 0.2) is 0 Å². The second-order valence-corrected chi connectivity index (χ2v) is 26.9. The van der Waals surface area contributed by atoms with Gasteiger partial charge in [0.2, 0.25) is 23.6 Å². The molecule has 2 fully saturated rings. The van der Waals surface area contributed by atoms with Gasteiger partial charge in [-0.25, -0.2) is 20.4 Å². The summed E-state index contributed by atoms with van der Waals surface area (Å²) in [7, 11) is 0. The van der Waals surface area contributed by atoms with Crippen LogP contribution in [0.1, 0.15) is 36.1 Å². The Morgan fingerprint density at radius 1 is 0.308 bits per heavy atom. The number of ether oxygens (including phenoxy) is 4. The molecule has 40 nitrogen and oxygen atoms in total. The first-order valence-electron chi connectivity index (χ1n) is 36.5. The minimum Gasteiger partial charge on any atom is -0.549 e. The van der Waals surface area contributed by atoms with Crippen molar-refractivity contribution >= 4 is 105 Å². The summed E-state index contributed by atoms with van der Waals surface area (Å²) in [6.45, 7) is -3.63. The summed E-state index contributed by atoms with van der Waals surface area (Å²) in [6, 6.07) is 27.8. The molecule has 2 unspecified atom stereocenters. The van der Waals surface area contributed by atoms with Crippen LogP contribution in [0.2, 0.25) is 0 Å². The Labute approximate surface area is 796 Å². The van der Waals surface area contributed by atoms with Crippen LogP contribution in [0.25, 0.3) is 32.7 Å². The van der Waals surface area contributed by atoms with Crippen molar-refractivity contribution in [2.45, 2.75) is 24.9 Å². The molecule has 2 aliphatic rings. The second-order valence-electron chi connectivity index (χ2n) is 26.9. The molecule has 6 N–H and O–H groups in total. The summed E-state index contributed by atoms with van der Waals surface area (Å²) < 4.78 is 23.1. The molecule has 6 aromatic rings. The van der Waals surface area contributed by atoms with Crippen molar-refractivity contribution in [3.63, 3.8) is 0 Å². The number of nitrogens with zero attached hydrogens (tertiary/aromatic N) is 8. The fourth-order valence-corrected chi connectivity index (χ4v) is 12.7. The third-order valence-electron chi connectivity index (χ3n) is 18.5. The van der Waals surface area contributed by atoms with E-state index >= 15 is 0 Å². The van der Waals surface area contributed by atoms with Crippen molar-refractivity contribution < 1.29 is 266 Å². The first-order valence-corrected chi connectivity index (χ1v) is 36.5. The topological polar surface area (TPSA) is 558 Å². The number of rotatable bonds is 33. The van der Waals surface area contributed by atoms with Gasteiger partial charge in [-0.2, -0.15) is 0 Å². The van der Waals surface area contributed by atoms with Crippen LogP contribution >= 0.6 is 0 Å².